The highest BCUT2D eigenvalue weighted by Crippen LogP contribution is 2.44. The monoisotopic (exact) mass is 396 g/mol. The van der Waals surface area contributed by atoms with Crippen LogP contribution < -0.4 is 0 Å². The van der Waals surface area contributed by atoms with Crippen LogP contribution >= 0.6 is 23.2 Å². The minimum Gasteiger partial charge on any atom is -0.465 e. The molecule has 0 radical (unpaired) electrons. The van der Waals surface area contributed by atoms with Crippen LogP contribution in [-0.4, -0.2) is 18.0 Å². The first-order chi connectivity index (χ1) is 11.7. The number of benzene rings is 1. The summed E-state index contributed by atoms with van der Waals surface area (Å²) < 4.78 is 45.6. The van der Waals surface area contributed by atoms with Crippen molar-refractivity contribution >= 4 is 29.2 Å². The van der Waals surface area contributed by atoms with E-state index in [1.165, 1.54) is 6.07 Å². The molecule has 1 aliphatic rings. The van der Waals surface area contributed by atoms with Crippen LogP contribution in [0.1, 0.15) is 61.6 Å². The van der Waals surface area contributed by atoms with Crippen LogP contribution in [-0.2, 0) is 22.1 Å². The lowest BCUT2D eigenvalue weighted by Gasteiger charge is -2.27. The van der Waals surface area contributed by atoms with Crippen molar-refractivity contribution in [2.45, 2.75) is 62.9 Å². The minimum absolute atomic E-state index is 0.0614. The van der Waals surface area contributed by atoms with Crippen molar-refractivity contribution in [3.63, 3.8) is 0 Å². The Kier molecular flexibility index (Phi) is 7.03. The van der Waals surface area contributed by atoms with Crippen LogP contribution in [0.25, 0.3) is 0 Å². The zero-order valence-electron chi connectivity index (χ0n) is 14.0. The highest BCUT2D eigenvalue weighted by atomic mass is 35.5. The van der Waals surface area contributed by atoms with Gasteiger partial charge in [0.25, 0.3) is 0 Å². The predicted octanol–water partition coefficient (Wildman–Crippen LogP) is 6.12. The van der Waals surface area contributed by atoms with Gasteiger partial charge in [0.15, 0.2) is 0 Å². The lowest BCUT2D eigenvalue weighted by molar-refractivity contribution is -0.142. The molecule has 140 valence electrons. The number of ether oxygens (including phenoxy) is 1. The van der Waals surface area contributed by atoms with Gasteiger partial charge in [0, 0.05) is 5.02 Å². The Morgan fingerprint density at radius 2 is 1.92 bits per heavy atom. The van der Waals surface area contributed by atoms with Gasteiger partial charge < -0.3 is 4.74 Å². The molecular formula is C18H21Cl2F3O2. The summed E-state index contributed by atoms with van der Waals surface area (Å²) in [5, 5.41) is -0.943. The van der Waals surface area contributed by atoms with E-state index in [0.717, 1.165) is 25.3 Å². The highest BCUT2D eigenvalue weighted by molar-refractivity contribution is 6.32. The summed E-state index contributed by atoms with van der Waals surface area (Å²) in [7, 11) is 0. The summed E-state index contributed by atoms with van der Waals surface area (Å²) in [5.74, 6) is -0.825. The third-order valence-corrected chi connectivity index (χ3v) is 5.11. The fourth-order valence-electron chi connectivity index (χ4n) is 3.36. The van der Waals surface area contributed by atoms with Crippen molar-refractivity contribution in [3.05, 3.63) is 33.8 Å². The van der Waals surface area contributed by atoms with Crippen LogP contribution in [0.15, 0.2) is 12.1 Å². The smallest absolute Gasteiger partial charge is 0.416 e. The van der Waals surface area contributed by atoms with Crippen LogP contribution in [0.3, 0.4) is 0 Å². The molecule has 1 aromatic rings. The van der Waals surface area contributed by atoms with Gasteiger partial charge >= 0.3 is 12.1 Å². The number of carbonyl (C=O) groups is 1. The number of hydrogen-bond donors (Lipinski definition) is 0. The van der Waals surface area contributed by atoms with Crippen molar-refractivity contribution in [3.8, 4) is 0 Å². The van der Waals surface area contributed by atoms with Crippen molar-refractivity contribution in [1.29, 1.82) is 0 Å². The van der Waals surface area contributed by atoms with E-state index in [1.807, 2.05) is 0 Å². The molecule has 0 spiro atoms. The molecule has 1 fully saturated rings. The molecule has 1 atom stereocenters. The Labute approximate surface area is 155 Å². The Morgan fingerprint density at radius 1 is 1.28 bits per heavy atom. The van der Waals surface area contributed by atoms with E-state index < -0.39 is 23.1 Å². The fraction of sp³-hybridized carbons (Fsp3) is 0.611. The lowest BCUT2D eigenvalue weighted by atomic mass is 9.81. The predicted molar refractivity (Wildman–Crippen MR) is 92.3 cm³/mol. The topological polar surface area (TPSA) is 26.3 Å². The van der Waals surface area contributed by atoms with Gasteiger partial charge in [-0.15, -0.1) is 11.6 Å². The first-order valence-electron chi connectivity index (χ1n) is 8.44. The molecule has 0 bridgehead atoms. The molecule has 2 nitrogen and oxygen atoms in total. The average Bonchev–Trinajstić information content (AvgIpc) is 2.54. The van der Waals surface area contributed by atoms with Gasteiger partial charge in [-0.2, -0.15) is 13.2 Å². The van der Waals surface area contributed by atoms with Gasteiger partial charge in [0.1, 0.15) is 5.38 Å². The summed E-state index contributed by atoms with van der Waals surface area (Å²) in [6.45, 7) is 1.80. The molecule has 0 saturated heterocycles. The van der Waals surface area contributed by atoms with Gasteiger partial charge in [0.2, 0.25) is 0 Å². The van der Waals surface area contributed by atoms with Gasteiger partial charge in [-0.25, -0.2) is 0 Å². The fourth-order valence-corrected chi connectivity index (χ4v) is 3.99. The highest BCUT2D eigenvalue weighted by Gasteiger charge is 2.37. The molecule has 0 heterocycles. The maximum atomic E-state index is 13.6. The van der Waals surface area contributed by atoms with E-state index in [9.17, 15) is 18.0 Å². The number of hydrogen-bond acceptors (Lipinski definition) is 2. The summed E-state index contributed by atoms with van der Waals surface area (Å²) >= 11 is 12.2. The van der Waals surface area contributed by atoms with Gasteiger partial charge in [-0.1, -0.05) is 30.9 Å². The van der Waals surface area contributed by atoms with Gasteiger partial charge in [0.05, 0.1) is 12.2 Å². The average molecular weight is 397 g/mol. The molecule has 0 amide bonds. The molecule has 0 aromatic heterocycles. The molecule has 2 rings (SSSR count). The zero-order valence-corrected chi connectivity index (χ0v) is 15.5. The first kappa shape index (κ1) is 20.4. The summed E-state index contributed by atoms with van der Waals surface area (Å²) in [6.07, 6.45) is -0.279. The van der Waals surface area contributed by atoms with Crippen LogP contribution in [0.2, 0.25) is 5.02 Å². The van der Waals surface area contributed by atoms with Crippen LogP contribution in [0, 0.1) is 0 Å². The quantitative estimate of drug-likeness (QED) is 0.442. The van der Waals surface area contributed by atoms with Crippen molar-refractivity contribution in [1.82, 2.24) is 0 Å². The molecular weight excluding hydrogens is 376 g/mol. The number of esters is 1. The number of carbonyl (C=O) groups excluding carboxylic acids is 1. The van der Waals surface area contributed by atoms with Gasteiger partial charge in [-0.05, 0) is 55.4 Å². The molecule has 7 heteroatoms. The van der Waals surface area contributed by atoms with E-state index in [1.54, 1.807) is 6.92 Å². The lowest BCUT2D eigenvalue weighted by Crippen LogP contribution is -2.21. The van der Waals surface area contributed by atoms with E-state index in [-0.39, 0.29) is 35.1 Å². The van der Waals surface area contributed by atoms with Crippen LogP contribution in [0.5, 0.6) is 0 Å². The van der Waals surface area contributed by atoms with E-state index >= 15 is 0 Å². The van der Waals surface area contributed by atoms with Crippen molar-refractivity contribution < 1.29 is 22.7 Å². The third-order valence-electron chi connectivity index (χ3n) is 4.47. The maximum Gasteiger partial charge on any atom is 0.416 e. The molecule has 0 aliphatic heterocycles. The zero-order chi connectivity index (χ0) is 18.6. The largest absolute Gasteiger partial charge is 0.465 e. The molecule has 25 heavy (non-hydrogen) atoms. The van der Waals surface area contributed by atoms with E-state index in [2.05, 4.69) is 0 Å². The molecule has 1 aromatic carbocycles. The third kappa shape index (κ3) is 5.27. The Balaban J connectivity index is 2.35. The summed E-state index contributed by atoms with van der Waals surface area (Å²) in [4.78, 5) is 11.6. The van der Waals surface area contributed by atoms with Gasteiger partial charge in [-0.3, -0.25) is 4.79 Å². The molecule has 1 unspecified atom stereocenters. The molecule has 0 N–H and O–H groups in total. The number of halogens is 5. The van der Waals surface area contributed by atoms with E-state index in [0.29, 0.717) is 12.8 Å². The summed E-state index contributed by atoms with van der Waals surface area (Å²) in [6, 6.07) is 2.57. The standard InChI is InChI=1S/C18H21Cl2F3O2/c1-2-25-17(24)15(20)10-11-8-13(18(21,22)23)16(14(19)9-11)12-6-4-3-5-7-12/h8-9,12,15H,2-7,10H2,1H3. The molecule has 1 saturated carbocycles. The Morgan fingerprint density at radius 3 is 2.48 bits per heavy atom. The van der Waals surface area contributed by atoms with Crippen molar-refractivity contribution in [2.24, 2.45) is 0 Å². The van der Waals surface area contributed by atoms with Crippen LogP contribution in [0.4, 0.5) is 13.2 Å². The SMILES string of the molecule is CCOC(=O)C(Cl)Cc1cc(Cl)c(C2CCCCC2)c(C(F)(F)F)c1. The minimum atomic E-state index is -4.50. The number of alkyl halides is 4. The number of rotatable bonds is 5. The Bertz CT molecular complexity index is 611. The maximum absolute atomic E-state index is 13.6. The second-order valence-electron chi connectivity index (χ2n) is 6.30. The Hall–Kier alpha value is -0.940. The molecule has 1 aliphatic carbocycles. The first-order valence-corrected chi connectivity index (χ1v) is 9.25. The summed E-state index contributed by atoms with van der Waals surface area (Å²) in [5.41, 5.74) is -0.251. The normalized spacial score (nSPS) is 17.4. The van der Waals surface area contributed by atoms with E-state index in [4.69, 9.17) is 27.9 Å². The second-order valence-corrected chi connectivity index (χ2v) is 7.23. The second kappa shape index (κ2) is 8.63. The van der Waals surface area contributed by atoms with Crippen molar-refractivity contribution in [2.75, 3.05) is 6.61 Å².